The number of hydrogen-bond donors (Lipinski definition) is 3. The van der Waals surface area contributed by atoms with Crippen LogP contribution in [-0.4, -0.2) is 84.3 Å². The van der Waals surface area contributed by atoms with Gasteiger partial charge >= 0.3 is 0 Å². The van der Waals surface area contributed by atoms with Crippen molar-refractivity contribution in [2.24, 2.45) is 0 Å². The lowest BCUT2D eigenvalue weighted by Crippen LogP contribution is -2.46. The van der Waals surface area contributed by atoms with Gasteiger partial charge in [0.1, 0.15) is 11.5 Å². The number of hydrogen-bond acceptors (Lipinski definition) is 6. The number of methoxy groups -OCH3 is 1. The van der Waals surface area contributed by atoms with E-state index in [1.54, 1.807) is 19.2 Å². The second-order valence-electron chi connectivity index (χ2n) is 12.5. The molecule has 2 aliphatic rings. The number of anilines is 2. The third-order valence-corrected chi connectivity index (χ3v) is 9.43. The van der Waals surface area contributed by atoms with Crippen LogP contribution < -0.4 is 14.5 Å². The molecule has 2 aromatic heterocycles. The number of phenols is 1. The molecule has 8 heteroatoms. The minimum absolute atomic E-state index is 0.326. The summed E-state index contributed by atoms with van der Waals surface area (Å²) in [7, 11) is 1.74. The topological polar surface area (TPSA) is 74.0 Å². The molecule has 0 saturated carbocycles. The van der Waals surface area contributed by atoms with Crippen molar-refractivity contribution in [3.63, 3.8) is 0 Å². The maximum atomic E-state index is 9.39. The molecule has 47 heavy (non-hydrogen) atoms. The van der Waals surface area contributed by atoms with E-state index in [0.29, 0.717) is 5.75 Å². The van der Waals surface area contributed by atoms with Crippen LogP contribution >= 0.6 is 0 Å². The molecule has 0 radical (unpaired) electrons. The lowest BCUT2D eigenvalue weighted by atomic mass is 10.1. The van der Waals surface area contributed by atoms with E-state index in [0.717, 1.165) is 71.2 Å². The largest absolute Gasteiger partial charge is 0.508 e. The molecule has 0 unspecified atom stereocenters. The molecule has 242 valence electrons. The van der Waals surface area contributed by atoms with Gasteiger partial charge < -0.3 is 29.6 Å². The number of rotatable bonds is 7. The standard InChI is InChI=1S/C20H23N3O.C19H21N3O/c1-24-20-5-3-2-4-19(20)23-12-10-22(11-13-23)15-16-6-7-18-17(14-16)8-9-21-18;23-18-4-2-17(3-5-18)22-11-9-21(10-12-22)14-15-1-6-19-16(13-15)7-8-20-19/h2-9,14,21H,10-13,15H2,1H3;1-8,13,20,23H,9-12,14H2. The Morgan fingerprint density at radius 2 is 1.13 bits per heavy atom. The molecule has 2 aliphatic heterocycles. The number of benzene rings is 4. The molecule has 6 aromatic rings. The molecule has 0 amide bonds. The van der Waals surface area contributed by atoms with Crippen LogP contribution in [0.15, 0.2) is 109 Å². The molecule has 8 nitrogen and oxygen atoms in total. The highest BCUT2D eigenvalue weighted by molar-refractivity contribution is 5.80. The second-order valence-corrected chi connectivity index (χ2v) is 12.5. The molecule has 2 saturated heterocycles. The van der Waals surface area contributed by atoms with Gasteiger partial charge in [-0.05, 0) is 94.7 Å². The van der Waals surface area contributed by atoms with Gasteiger partial charge in [0.05, 0.1) is 12.8 Å². The Balaban J connectivity index is 0.000000150. The fourth-order valence-corrected chi connectivity index (χ4v) is 6.78. The summed E-state index contributed by atoms with van der Waals surface area (Å²) in [5, 5.41) is 12.0. The van der Waals surface area contributed by atoms with E-state index in [2.05, 4.69) is 90.2 Å². The lowest BCUT2D eigenvalue weighted by Gasteiger charge is -2.36. The summed E-state index contributed by atoms with van der Waals surface area (Å²) in [5.74, 6) is 1.29. The van der Waals surface area contributed by atoms with Gasteiger partial charge in [-0.2, -0.15) is 0 Å². The zero-order valence-corrected chi connectivity index (χ0v) is 27.1. The summed E-state index contributed by atoms with van der Waals surface area (Å²) in [6.45, 7) is 10.4. The third kappa shape index (κ3) is 7.40. The maximum Gasteiger partial charge on any atom is 0.142 e. The molecule has 4 heterocycles. The van der Waals surface area contributed by atoms with Gasteiger partial charge in [0.15, 0.2) is 0 Å². The van der Waals surface area contributed by atoms with E-state index in [9.17, 15) is 5.11 Å². The van der Waals surface area contributed by atoms with Crippen LogP contribution in [0, 0.1) is 0 Å². The highest BCUT2D eigenvalue weighted by Gasteiger charge is 2.20. The number of piperazine rings is 2. The van der Waals surface area contributed by atoms with Crippen LogP contribution in [-0.2, 0) is 13.1 Å². The number of ether oxygens (including phenoxy) is 1. The van der Waals surface area contributed by atoms with Gasteiger partial charge in [-0.3, -0.25) is 9.80 Å². The van der Waals surface area contributed by atoms with Crippen LogP contribution in [0.1, 0.15) is 11.1 Å². The summed E-state index contributed by atoms with van der Waals surface area (Å²) in [5.41, 5.74) is 7.55. The van der Waals surface area contributed by atoms with E-state index in [-0.39, 0.29) is 0 Å². The van der Waals surface area contributed by atoms with Crippen molar-refractivity contribution < 1.29 is 9.84 Å². The average Bonchev–Trinajstić information content (AvgIpc) is 3.79. The molecular formula is C39H44N6O2. The molecule has 0 atom stereocenters. The summed E-state index contributed by atoms with van der Waals surface area (Å²) in [4.78, 5) is 16.3. The normalized spacial score (nSPS) is 15.9. The average molecular weight is 629 g/mol. The van der Waals surface area contributed by atoms with E-state index in [1.807, 2.05) is 36.7 Å². The molecule has 4 aromatic carbocycles. The first kappa shape index (κ1) is 30.7. The number of fused-ring (bicyclic) bond motifs is 2. The summed E-state index contributed by atoms with van der Waals surface area (Å²) >= 11 is 0. The minimum Gasteiger partial charge on any atom is -0.508 e. The third-order valence-electron chi connectivity index (χ3n) is 9.43. The van der Waals surface area contributed by atoms with Crippen molar-refractivity contribution in [1.29, 1.82) is 0 Å². The van der Waals surface area contributed by atoms with Crippen molar-refractivity contribution in [3.8, 4) is 11.5 Å². The molecule has 3 N–H and O–H groups in total. The van der Waals surface area contributed by atoms with Gasteiger partial charge in [0, 0.05) is 94.6 Å². The predicted molar refractivity (Wildman–Crippen MR) is 193 cm³/mol. The van der Waals surface area contributed by atoms with Gasteiger partial charge in [-0.1, -0.05) is 24.3 Å². The SMILES string of the molecule is COc1ccccc1N1CCN(Cc2ccc3[nH]ccc3c2)CC1.Oc1ccc(N2CCN(Cc3ccc4[nH]ccc4c3)CC2)cc1. The van der Waals surface area contributed by atoms with Crippen LogP contribution in [0.3, 0.4) is 0 Å². The van der Waals surface area contributed by atoms with Crippen LogP contribution in [0.25, 0.3) is 21.8 Å². The smallest absolute Gasteiger partial charge is 0.142 e. The monoisotopic (exact) mass is 628 g/mol. The molecule has 0 aliphatic carbocycles. The van der Waals surface area contributed by atoms with Crippen molar-refractivity contribution in [2.75, 3.05) is 69.3 Å². The van der Waals surface area contributed by atoms with E-state index in [1.165, 1.54) is 44.3 Å². The van der Waals surface area contributed by atoms with Gasteiger partial charge in [0.2, 0.25) is 0 Å². The van der Waals surface area contributed by atoms with Gasteiger partial charge in [-0.15, -0.1) is 0 Å². The summed E-state index contributed by atoms with van der Waals surface area (Å²) < 4.78 is 5.50. The second kappa shape index (κ2) is 14.2. The fraction of sp³-hybridized carbons (Fsp3) is 0.282. The molecule has 0 bridgehead atoms. The fourth-order valence-electron chi connectivity index (χ4n) is 6.78. The maximum absolute atomic E-state index is 9.39. The van der Waals surface area contributed by atoms with Crippen LogP contribution in [0.5, 0.6) is 11.5 Å². The number of para-hydroxylation sites is 2. The molecule has 2 fully saturated rings. The number of aromatic amines is 2. The number of nitrogens with one attached hydrogen (secondary N) is 2. The Hall–Kier alpha value is -4.92. The number of aromatic hydroxyl groups is 1. The van der Waals surface area contributed by atoms with E-state index >= 15 is 0 Å². The Bertz CT molecular complexity index is 1880. The highest BCUT2D eigenvalue weighted by atomic mass is 16.5. The van der Waals surface area contributed by atoms with Crippen molar-refractivity contribution in [3.05, 3.63) is 121 Å². The highest BCUT2D eigenvalue weighted by Crippen LogP contribution is 2.29. The number of phenolic OH excluding ortho intramolecular Hbond substituents is 1. The van der Waals surface area contributed by atoms with Crippen molar-refractivity contribution in [1.82, 2.24) is 19.8 Å². The summed E-state index contributed by atoms with van der Waals surface area (Å²) in [6.07, 6.45) is 3.99. The zero-order chi connectivity index (χ0) is 32.0. The lowest BCUT2D eigenvalue weighted by molar-refractivity contribution is 0.249. The Labute approximate surface area is 276 Å². The van der Waals surface area contributed by atoms with Crippen molar-refractivity contribution >= 4 is 33.2 Å². The Morgan fingerprint density at radius 3 is 1.68 bits per heavy atom. The quantitative estimate of drug-likeness (QED) is 0.183. The zero-order valence-electron chi connectivity index (χ0n) is 27.1. The minimum atomic E-state index is 0.326. The first-order valence-corrected chi connectivity index (χ1v) is 16.6. The first-order valence-electron chi connectivity index (χ1n) is 16.6. The summed E-state index contributed by atoms with van der Waals surface area (Å²) in [6, 6.07) is 33.4. The Kier molecular flexibility index (Phi) is 9.31. The van der Waals surface area contributed by atoms with E-state index < -0.39 is 0 Å². The Morgan fingerprint density at radius 1 is 0.596 bits per heavy atom. The molecule has 0 spiro atoms. The predicted octanol–water partition coefficient (Wildman–Crippen LogP) is 6.69. The number of aromatic nitrogens is 2. The van der Waals surface area contributed by atoms with Crippen LogP contribution in [0.4, 0.5) is 11.4 Å². The van der Waals surface area contributed by atoms with E-state index in [4.69, 9.17) is 4.74 Å². The molecule has 8 rings (SSSR count). The first-order chi connectivity index (χ1) is 23.1. The molecular weight excluding hydrogens is 584 g/mol. The van der Waals surface area contributed by atoms with Crippen LogP contribution in [0.2, 0.25) is 0 Å². The van der Waals surface area contributed by atoms with Gasteiger partial charge in [-0.25, -0.2) is 0 Å². The van der Waals surface area contributed by atoms with Gasteiger partial charge in [0.25, 0.3) is 0 Å². The number of nitrogens with zero attached hydrogens (tertiary/aromatic N) is 4. The van der Waals surface area contributed by atoms with Crippen molar-refractivity contribution in [2.45, 2.75) is 13.1 Å². The number of H-pyrrole nitrogens is 2.